The molecule has 13 heavy (non-hydrogen) atoms. The van der Waals surface area contributed by atoms with Crippen molar-refractivity contribution in [3.8, 4) is 0 Å². The van der Waals surface area contributed by atoms with Gasteiger partial charge in [0.2, 0.25) is 0 Å². The minimum absolute atomic E-state index is 0.802. The van der Waals surface area contributed by atoms with E-state index in [0.29, 0.717) is 0 Å². The van der Waals surface area contributed by atoms with Gasteiger partial charge in [0.1, 0.15) is 0 Å². The summed E-state index contributed by atoms with van der Waals surface area (Å²) in [5, 5.41) is 0.802. The summed E-state index contributed by atoms with van der Waals surface area (Å²) >= 11 is 9.42. The zero-order valence-electron chi connectivity index (χ0n) is 7.26. The maximum Gasteiger partial charge on any atom is 0.0437 e. The number of benzene rings is 1. The van der Waals surface area contributed by atoms with E-state index in [1.54, 1.807) is 0 Å². The van der Waals surface area contributed by atoms with Crippen LogP contribution in [0.1, 0.15) is 12.8 Å². The highest BCUT2D eigenvalue weighted by Gasteiger charge is 2.12. The predicted octanol–water partition coefficient (Wildman–Crippen LogP) is 3.70. The zero-order valence-corrected chi connectivity index (χ0v) is 9.61. The maximum absolute atomic E-state index is 5.97. The van der Waals surface area contributed by atoms with E-state index in [1.807, 2.05) is 12.1 Å². The van der Waals surface area contributed by atoms with Crippen molar-refractivity contribution >= 4 is 33.2 Å². The third kappa shape index (κ3) is 2.18. The number of hydrogen-bond donors (Lipinski definition) is 0. The number of nitrogens with zero attached hydrogens (tertiary/aromatic N) is 1. The highest BCUT2D eigenvalue weighted by molar-refractivity contribution is 9.10. The monoisotopic (exact) mass is 259 g/mol. The molecule has 1 fully saturated rings. The molecule has 1 aromatic carbocycles. The second-order valence-electron chi connectivity index (χ2n) is 3.32. The minimum Gasteiger partial charge on any atom is -0.371 e. The molecular weight excluding hydrogens is 249 g/mol. The van der Waals surface area contributed by atoms with Crippen molar-refractivity contribution in [2.75, 3.05) is 18.0 Å². The summed E-state index contributed by atoms with van der Waals surface area (Å²) in [6, 6.07) is 6.07. The molecule has 0 unspecified atom stereocenters. The molecule has 0 aliphatic carbocycles. The molecule has 0 radical (unpaired) electrons. The van der Waals surface area contributed by atoms with Crippen LogP contribution in [0, 0.1) is 0 Å². The summed E-state index contributed by atoms with van der Waals surface area (Å²) in [4.78, 5) is 2.37. The van der Waals surface area contributed by atoms with Gasteiger partial charge >= 0.3 is 0 Å². The molecule has 1 aliphatic heterocycles. The number of anilines is 1. The van der Waals surface area contributed by atoms with Crippen LogP contribution in [-0.4, -0.2) is 13.1 Å². The first-order valence-electron chi connectivity index (χ1n) is 4.47. The molecule has 1 aliphatic rings. The van der Waals surface area contributed by atoms with Gasteiger partial charge in [0.05, 0.1) is 0 Å². The molecule has 2 rings (SSSR count). The summed E-state index contributed by atoms with van der Waals surface area (Å²) in [5.74, 6) is 0. The van der Waals surface area contributed by atoms with Gasteiger partial charge in [-0.3, -0.25) is 0 Å². The lowest BCUT2D eigenvalue weighted by atomic mass is 10.3. The largest absolute Gasteiger partial charge is 0.371 e. The first-order valence-corrected chi connectivity index (χ1v) is 5.64. The predicted molar refractivity (Wildman–Crippen MR) is 60.6 cm³/mol. The van der Waals surface area contributed by atoms with Gasteiger partial charge < -0.3 is 4.90 Å². The van der Waals surface area contributed by atoms with Crippen molar-refractivity contribution in [1.82, 2.24) is 0 Å². The average Bonchev–Trinajstić information content (AvgIpc) is 2.53. The Morgan fingerprint density at radius 3 is 2.46 bits per heavy atom. The number of rotatable bonds is 1. The molecule has 1 aromatic rings. The van der Waals surface area contributed by atoms with Gasteiger partial charge in [0.15, 0.2) is 0 Å². The standard InChI is InChI=1S/C10H11BrClN/c11-8-5-9(12)7-10(6-8)13-3-1-2-4-13/h5-7H,1-4H2. The molecule has 0 aromatic heterocycles. The van der Waals surface area contributed by atoms with E-state index in [0.717, 1.165) is 22.6 Å². The Labute approximate surface area is 91.8 Å². The smallest absolute Gasteiger partial charge is 0.0437 e. The van der Waals surface area contributed by atoms with E-state index in [2.05, 4.69) is 26.9 Å². The zero-order chi connectivity index (χ0) is 9.26. The van der Waals surface area contributed by atoms with Crippen LogP contribution in [0.15, 0.2) is 22.7 Å². The fourth-order valence-corrected chi connectivity index (χ4v) is 2.54. The summed E-state index contributed by atoms with van der Waals surface area (Å²) < 4.78 is 1.06. The Kier molecular flexibility index (Phi) is 2.80. The van der Waals surface area contributed by atoms with Crippen molar-refractivity contribution in [3.05, 3.63) is 27.7 Å². The molecule has 70 valence electrons. The molecule has 3 heteroatoms. The van der Waals surface area contributed by atoms with Crippen LogP contribution in [-0.2, 0) is 0 Å². The third-order valence-electron chi connectivity index (χ3n) is 2.32. The summed E-state index contributed by atoms with van der Waals surface area (Å²) in [5.41, 5.74) is 1.23. The highest BCUT2D eigenvalue weighted by atomic mass is 79.9. The SMILES string of the molecule is Clc1cc(Br)cc(N2CCCC2)c1. The fraction of sp³-hybridized carbons (Fsp3) is 0.400. The summed E-state index contributed by atoms with van der Waals surface area (Å²) in [6.07, 6.45) is 2.59. The van der Waals surface area contributed by atoms with Gasteiger partial charge in [0, 0.05) is 28.3 Å². The van der Waals surface area contributed by atoms with Gasteiger partial charge in [0.25, 0.3) is 0 Å². The van der Waals surface area contributed by atoms with Crippen LogP contribution >= 0.6 is 27.5 Å². The van der Waals surface area contributed by atoms with Crippen LogP contribution in [0.2, 0.25) is 5.02 Å². The van der Waals surface area contributed by atoms with Crippen LogP contribution in [0.25, 0.3) is 0 Å². The Balaban J connectivity index is 2.28. The highest BCUT2D eigenvalue weighted by Crippen LogP contribution is 2.27. The Morgan fingerprint density at radius 2 is 1.85 bits per heavy atom. The van der Waals surface area contributed by atoms with Gasteiger partial charge in [-0.1, -0.05) is 27.5 Å². The molecule has 0 N–H and O–H groups in total. The van der Waals surface area contributed by atoms with Gasteiger partial charge in [-0.25, -0.2) is 0 Å². The molecule has 1 heterocycles. The van der Waals surface area contributed by atoms with E-state index in [9.17, 15) is 0 Å². The van der Waals surface area contributed by atoms with Crippen molar-refractivity contribution in [3.63, 3.8) is 0 Å². The lowest BCUT2D eigenvalue weighted by Crippen LogP contribution is -2.17. The van der Waals surface area contributed by atoms with Gasteiger partial charge in [-0.05, 0) is 31.0 Å². The topological polar surface area (TPSA) is 3.24 Å². The van der Waals surface area contributed by atoms with Crippen molar-refractivity contribution in [2.45, 2.75) is 12.8 Å². The van der Waals surface area contributed by atoms with Crippen LogP contribution < -0.4 is 4.90 Å². The molecule has 0 bridgehead atoms. The molecule has 0 spiro atoms. The quantitative estimate of drug-likeness (QED) is 0.744. The Bertz CT molecular complexity index is 288. The first kappa shape index (κ1) is 9.35. The first-order chi connectivity index (χ1) is 6.25. The number of halogens is 2. The second kappa shape index (κ2) is 3.89. The van der Waals surface area contributed by atoms with E-state index in [4.69, 9.17) is 11.6 Å². The molecule has 0 atom stereocenters. The maximum atomic E-state index is 5.97. The van der Waals surface area contributed by atoms with Crippen LogP contribution in [0.4, 0.5) is 5.69 Å². The third-order valence-corrected chi connectivity index (χ3v) is 2.99. The van der Waals surface area contributed by atoms with Crippen molar-refractivity contribution in [2.24, 2.45) is 0 Å². The normalized spacial score (nSPS) is 16.6. The molecule has 1 nitrogen and oxygen atoms in total. The van der Waals surface area contributed by atoms with Crippen molar-refractivity contribution in [1.29, 1.82) is 0 Å². The van der Waals surface area contributed by atoms with E-state index in [1.165, 1.54) is 18.5 Å². The summed E-state index contributed by atoms with van der Waals surface area (Å²) in [7, 11) is 0. The number of hydrogen-bond acceptors (Lipinski definition) is 1. The van der Waals surface area contributed by atoms with Crippen molar-refractivity contribution < 1.29 is 0 Å². The molecule has 0 saturated carbocycles. The molecule has 0 amide bonds. The molecule has 1 saturated heterocycles. The van der Waals surface area contributed by atoms with Gasteiger partial charge in [-0.15, -0.1) is 0 Å². The molecular formula is C10H11BrClN. The second-order valence-corrected chi connectivity index (χ2v) is 4.67. The van der Waals surface area contributed by atoms with Gasteiger partial charge in [-0.2, -0.15) is 0 Å². The Hall–Kier alpha value is -0.210. The van der Waals surface area contributed by atoms with E-state index < -0.39 is 0 Å². The van der Waals surface area contributed by atoms with Crippen LogP contribution in [0.5, 0.6) is 0 Å². The van der Waals surface area contributed by atoms with E-state index in [-0.39, 0.29) is 0 Å². The minimum atomic E-state index is 0.802. The lowest BCUT2D eigenvalue weighted by molar-refractivity contribution is 0.949. The van der Waals surface area contributed by atoms with E-state index >= 15 is 0 Å². The Morgan fingerprint density at radius 1 is 1.15 bits per heavy atom. The fourth-order valence-electron chi connectivity index (χ4n) is 1.70. The average molecular weight is 261 g/mol. The summed E-state index contributed by atoms with van der Waals surface area (Å²) in [6.45, 7) is 2.32. The lowest BCUT2D eigenvalue weighted by Gasteiger charge is -2.17. The van der Waals surface area contributed by atoms with Crippen LogP contribution in [0.3, 0.4) is 0 Å².